The number of nitrogen functional groups attached to an aromatic ring is 1. The smallest absolute Gasteiger partial charge is 0.260 e. The van der Waals surface area contributed by atoms with Crippen LogP contribution in [0.15, 0.2) is 0 Å². The summed E-state index contributed by atoms with van der Waals surface area (Å²) < 4.78 is 0. The van der Waals surface area contributed by atoms with Gasteiger partial charge < -0.3 is 22.1 Å². The minimum absolute atomic E-state index is 0.165. The summed E-state index contributed by atoms with van der Waals surface area (Å²) in [6.07, 6.45) is 4.43. The van der Waals surface area contributed by atoms with E-state index >= 15 is 0 Å². The van der Waals surface area contributed by atoms with E-state index in [0.29, 0.717) is 16.6 Å². The first-order valence-corrected chi connectivity index (χ1v) is 7.96. The van der Waals surface area contributed by atoms with E-state index in [2.05, 4.69) is 17.6 Å². The normalized spacial score (nSPS) is 21.8. The van der Waals surface area contributed by atoms with Crippen LogP contribution in [0.2, 0.25) is 0 Å². The van der Waals surface area contributed by atoms with Crippen LogP contribution in [0.3, 0.4) is 0 Å². The molecular formula is C14H22N4O2S. The van der Waals surface area contributed by atoms with Crippen LogP contribution in [0.25, 0.3) is 0 Å². The summed E-state index contributed by atoms with van der Waals surface area (Å²) in [4.78, 5) is 23.7. The average molecular weight is 310 g/mol. The molecule has 0 unspecified atom stereocenters. The second-order valence-corrected chi connectivity index (χ2v) is 6.61. The van der Waals surface area contributed by atoms with Gasteiger partial charge in [-0.15, -0.1) is 11.3 Å². The lowest BCUT2D eigenvalue weighted by Gasteiger charge is -2.27. The van der Waals surface area contributed by atoms with Crippen LogP contribution in [0, 0.1) is 5.92 Å². The highest BCUT2D eigenvalue weighted by molar-refractivity contribution is 7.19. The molecule has 1 aliphatic rings. The van der Waals surface area contributed by atoms with Gasteiger partial charge in [0.2, 0.25) is 0 Å². The molecule has 1 aromatic heterocycles. The zero-order chi connectivity index (χ0) is 15.6. The third-order valence-electron chi connectivity index (χ3n) is 3.97. The fraction of sp³-hybridized carbons (Fsp3) is 0.571. The highest BCUT2D eigenvalue weighted by Crippen LogP contribution is 2.37. The number of primary amides is 1. The topological polar surface area (TPSA) is 110 Å². The van der Waals surface area contributed by atoms with Gasteiger partial charge in [-0.1, -0.05) is 6.92 Å². The van der Waals surface area contributed by atoms with Crippen molar-refractivity contribution in [3.05, 3.63) is 10.4 Å². The van der Waals surface area contributed by atoms with Crippen LogP contribution in [-0.2, 0) is 0 Å². The Morgan fingerprint density at radius 1 is 1.24 bits per heavy atom. The molecule has 1 aliphatic carbocycles. The maximum absolute atomic E-state index is 12.0. The SMILES string of the molecule is CNC(=O)c1c(NC2CCC(C)CC2)sc(C(N)=O)c1N. The van der Waals surface area contributed by atoms with E-state index in [1.807, 2.05) is 0 Å². The molecule has 2 rings (SSSR count). The molecule has 0 spiro atoms. The fourth-order valence-corrected chi connectivity index (χ4v) is 3.72. The number of anilines is 2. The number of hydrogen-bond acceptors (Lipinski definition) is 5. The zero-order valence-corrected chi connectivity index (χ0v) is 13.2. The van der Waals surface area contributed by atoms with Crippen LogP contribution in [0.4, 0.5) is 10.7 Å². The number of carbonyl (C=O) groups is 2. The van der Waals surface area contributed by atoms with E-state index in [-0.39, 0.29) is 16.5 Å². The second-order valence-electron chi connectivity index (χ2n) is 5.59. The maximum Gasteiger partial charge on any atom is 0.260 e. The van der Waals surface area contributed by atoms with Crippen molar-refractivity contribution in [2.75, 3.05) is 18.1 Å². The molecule has 1 aromatic rings. The number of nitrogens with two attached hydrogens (primary N) is 2. The molecule has 2 amide bonds. The summed E-state index contributed by atoms with van der Waals surface area (Å²) in [6.45, 7) is 2.25. The first-order chi connectivity index (χ1) is 9.93. The maximum atomic E-state index is 12.0. The Morgan fingerprint density at radius 2 is 1.86 bits per heavy atom. The Labute approximate surface area is 128 Å². The van der Waals surface area contributed by atoms with Gasteiger partial charge in [0.1, 0.15) is 9.88 Å². The molecule has 1 saturated carbocycles. The molecule has 0 bridgehead atoms. The summed E-state index contributed by atoms with van der Waals surface area (Å²) in [5, 5.41) is 6.56. The summed E-state index contributed by atoms with van der Waals surface area (Å²) in [5.41, 5.74) is 11.7. The molecule has 0 saturated heterocycles. The van der Waals surface area contributed by atoms with Gasteiger partial charge in [0.05, 0.1) is 11.3 Å². The monoisotopic (exact) mass is 310 g/mol. The highest BCUT2D eigenvalue weighted by atomic mass is 32.1. The minimum atomic E-state index is -0.604. The van der Waals surface area contributed by atoms with Gasteiger partial charge in [0.15, 0.2) is 0 Å². The molecule has 1 heterocycles. The Morgan fingerprint density at radius 3 is 2.38 bits per heavy atom. The van der Waals surface area contributed by atoms with Crippen molar-refractivity contribution in [3.63, 3.8) is 0 Å². The number of carbonyl (C=O) groups excluding carboxylic acids is 2. The van der Waals surface area contributed by atoms with E-state index in [0.717, 1.165) is 42.9 Å². The van der Waals surface area contributed by atoms with Crippen molar-refractivity contribution in [2.45, 2.75) is 38.6 Å². The highest BCUT2D eigenvalue weighted by Gasteiger charge is 2.26. The average Bonchev–Trinajstić information content (AvgIpc) is 2.77. The van der Waals surface area contributed by atoms with Crippen LogP contribution in [0.1, 0.15) is 52.6 Å². The van der Waals surface area contributed by atoms with Gasteiger partial charge in [-0.2, -0.15) is 0 Å². The first-order valence-electron chi connectivity index (χ1n) is 7.14. The molecule has 116 valence electrons. The summed E-state index contributed by atoms with van der Waals surface area (Å²) in [7, 11) is 1.54. The number of nitrogens with one attached hydrogen (secondary N) is 2. The molecule has 0 atom stereocenters. The Balaban J connectivity index is 2.27. The van der Waals surface area contributed by atoms with Crippen molar-refractivity contribution in [1.29, 1.82) is 0 Å². The van der Waals surface area contributed by atoms with Crippen LogP contribution >= 0.6 is 11.3 Å². The van der Waals surface area contributed by atoms with E-state index in [9.17, 15) is 9.59 Å². The standard InChI is InChI=1S/C14H22N4O2S/c1-7-3-5-8(6-4-7)18-14-9(13(20)17-2)10(15)11(21-14)12(16)19/h7-8,18H,3-6,15H2,1-2H3,(H2,16,19)(H,17,20). The van der Waals surface area contributed by atoms with E-state index < -0.39 is 5.91 Å². The van der Waals surface area contributed by atoms with E-state index in [1.54, 1.807) is 0 Å². The number of thiophene rings is 1. The van der Waals surface area contributed by atoms with Gasteiger partial charge in [-0.05, 0) is 31.6 Å². The van der Waals surface area contributed by atoms with Crippen LogP contribution < -0.4 is 22.1 Å². The van der Waals surface area contributed by atoms with Gasteiger partial charge in [0.25, 0.3) is 11.8 Å². The lowest BCUT2D eigenvalue weighted by molar-refractivity contribution is 0.0964. The number of rotatable bonds is 4. The predicted octanol–water partition coefficient (Wildman–Crippen LogP) is 1.78. The zero-order valence-electron chi connectivity index (χ0n) is 12.4. The molecule has 1 fully saturated rings. The lowest BCUT2D eigenvalue weighted by Crippen LogP contribution is -2.27. The van der Waals surface area contributed by atoms with Gasteiger partial charge >= 0.3 is 0 Å². The van der Waals surface area contributed by atoms with Gasteiger partial charge in [-0.3, -0.25) is 9.59 Å². The third-order valence-corrected chi connectivity index (χ3v) is 5.13. The molecule has 0 aliphatic heterocycles. The minimum Gasteiger partial charge on any atom is -0.397 e. The van der Waals surface area contributed by atoms with E-state index in [1.165, 1.54) is 7.05 Å². The molecule has 6 nitrogen and oxygen atoms in total. The molecule has 0 aromatic carbocycles. The third kappa shape index (κ3) is 3.29. The van der Waals surface area contributed by atoms with Crippen molar-refractivity contribution < 1.29 is 9.59 Å². The molecule has 6 N–H and O–H groups in total. The summed E-state index contributed by atoms with van der Waals surface area (Å²) in [5.74, 6) is -0.160. The molecule has 21 heavy (non-hydrogen) atoms. The molecule has 0 radical (unpaired) electrons. The second kappa shape index (κ2) is 6.34. The molecular weight excluding hydrogens is 288 g/mol. The number of hydrogen-bond donors (Lipinski definition) is 4. The Hall–Kier alpha value is -1.76. The summed E-state index contributed by atoms with van der Waals surface area (Å²) in [6, 6.07) is 0.309. The van der Waals surface area contributed by atoms with Crippen molar-refractivity contribution in [1.82, 2.24) is 5.32 Å². The Bertz CT molecular complexity index is 547. The fourth-order valence-electron chi connectivity index (χ4n) is 2.67. The first kappa shape index (κ1) is 15.6. The van der Waals surface area contributed by atoms with Crippen molar-refractivity contribution >= 4 is 33.8 Å². The van der Waals surface area contributed by atoms with E-state index in [4.69, 9.17) is 11.5 Å². The van der Waals surface area contributed by atoms with Crippen molar-refractivity contribution in [2.24, 2.45) is 11.7 Å². The Kier molecular flexibility index (Phi) is 4.72. The largest absolute Gasteiger partial charge is 0.397 e. The number of amides is 2. The quantitative estimate of drug-likeness (QED) is 0.679. The predicted molar refractivity (Wildman–Crippen MR) is 85.7 cm³/mol. The lowest BCUT2D eigenvalue weighted by atomic mass is 9.87. The van der Waals surface area contributed by atoms with Gasteiger partial charge in [0, 0.05) is 13.1 Å². The van der Waals surface area contributed by atoms with Crippen LogP contribution in [0.5, 0.6) is 0 Å². The molecule has 7 heteroatoms. The summed E-state index contributed by atoms with van der Waals surface area (Å²) >= 11 is 1.16. The van der Waals surface area contributed by atoms with Gasteiger partial charge in [-0.25, -0.2) is 0 Å². The van der Waals surface area contributed by atoms with Crippen LogP contribution in [-0.4, -0.2) is 24.9 Å². The van der Waals surface area contributed by atoms with Crippen molar-refractivity contribution in [3.8, 4) is 0 Å².